The second-order valence-corrected chi connectivity index (χ2v) is 2.96. The van der Waals surface area contributed by atoms with Crippen LogP contribution in [0.25, 0.3) is 0 Å². The van der Waals surface area contributed by atoms with Crippen LogP contribution in [0.15, 0.2) is 23.0 Å². The van der Waals surface area contributed by atoms with Crippen molar-refractivity contribution in [3.8, 4) is 0 Å². The number of hydrogen-bond donors (Lipinski definition) is 0. The van der Waals surface area contributed by atoms with E-state index in [2.05, 4.69) is 6.92 Å². The zero-order valence-corrected chi connectivity index (χ0v) is 9.28. The average Bonchev–Trinajstić information content (AvgIpc) is 2.20. The molecule has 13 heavy (non-hydrogen) atoms. The van der Waals surface area contributed by atoms with E-state index in [0.717, 1.165) is 31.3 Å². The third-order valence-electron chi connectivity index (χ3n) is 2.30. The molecule has 0 saturated heterocycles. The first kappa shape index (κ1) is 12.4. The third-order valence-corrected chi connectivity index (χ3v) is 2.30. The van der Waals surface area contributed by atoms with Crippen LogP contribution in [0.2, 0.25) is 0 Å². The molecular weight excluding hydrogens is 163 g/mol. The molecule has 0 fully saturated rings. The minimum absolute atomic E-state index is 0.0237. The van der Waals surface area contributed by atoms with Gasteiger partial charge in [0, 0.05) is 0 Å². The third kappa shape index (κ3) is 3.75. The molecule has 1 rings (SSSR count). The molecule has 1 aliphatic carbocycles. The smallest absolute Gasteiger partial charge is 0.122 e. The van der Waals surface area contributed by atoms with E-state index < -0.39 is 0 Å². The topological polar surface area (TPSA) is 0 Å². The summed E-state index contributed by atoms with van der Waals surface area (Å²) >= 11 is 0. The van der Waals surface area contributed by atoms with Gasteiger partial charge in [0.1, 0.15) is 5.83 Å². The van der Waals surface area contributed by atoms with E-state index in [1.165, 1.54) is 5.57 Å². The summed E-state index contributed by atoms with van der Waals surface area (Å²) in [7, 11) is 0. The van der Waals surface area contributed by atoms with Crippen LogP contribution in [0.4, 0.5) is 4.39 Å². The van der Waals surface area contributed by atoms with Crippen LogP contribution in [0.5, 0.6) is 0 Å². The van der Waals surface area contributed by atoms with Gasteiger partial charge in [-0.15, -0.1) is 0 Å². The molecule has 0 N–H and O–H groups in total. The minimum Gasteiger partial charge on any atom is -0.207 e. The van der Waals surface area contributed by atoms with Crippen molar-refractivity contribution in [3.63, 3.8) is 0 Å². The van der Waals surface area contributed by atoms with Gasteiger partial charge in [0.2, 0.25) is 0 Å². The maximum atomic E-state index is 13.1. The van der Waals surface area contributed by atoms with E-state index in [9.17, 15) is 4.39 Å². The highest BCUT2D eigenvalue weighted by atomic mass is 19.1. The zero-order valence-electron chi connectivity index (χ0n) is 9.28. The largest absolute Gasteiger partial charge is 0.207 e. The molecule has 0 aliphatic heterocycles. The molecule has 0 aromatic rings. The fourth-order valence-corrected chi connectivity index (χ4v) is 1.41. The Kier molecular flexibility index (Phi) is 6.56. The van der Waals surface area contributed by atoms with Crippen molar-refractivity contribution in [2.24, 2.45) is 0 Å². The fraction of sp³-hybridized carbons (Fsp3) is 0.667. The van der Waals surface area contributed by atoms with Crippen LogP contribution in [0.1, 0.15) is 53.4 Å². The lowest BCUT2D eigenvalue weighted by Crippen LogP contribution is -1.95. The Morgan fingerprint density at radius 2 is 1.77 bits per heavy atom. The van der Waals surface area contributed by atoms with Gasteiger partial charge in [-0.1, -0.05) is 33.3 Å². The summed E-state index contributed by atoms with van der Waals surface area (Å²) in [5, 5.41) is 0. The Labute approximate surface area is 81.5 Å². The predicted octanol–water partition coefficient (Wildman–Crippen LogP) is 4.78. The molecule has 0 aromatic carbocycles. The van der Waals surface area contributed by atoms with Gasteiger partial charge in [-0.25, -0.2) is 4.39 Å². The fourth-order valence-electron chi connectivity index (χ4n) is 1.41. The molecule has 0 atom stereocenters. The summed E-state index contributed by atoms with van der Waals surface area (Å²) in [5.74, 6) is 0.0237. The first-order valence-electron chi connectivity index (χ1n) is 5.34. The summed E-state index contributed by atoms with van der Waals surface area (Å²) in [6.45, 7) is 8.09. The number of halogens is 1. The van der Waals surface area contributed by atoms with Crippen molar-refractivity contribution in [1.29, 1.82) is 0 Å². The van der Waals surface area contributed by atoms with Gasteiger partial charge in [0.05, 0.1) is 0 Å². The highest BCUT2D eigenvalue weighted by molar-refractivity contribution is 5.28. The number of allylic oxidation sites excluding steroid dienone is 4. The van der Waals surface area contributed by atoms with Crippen LogP contribution in [-0.4, -0.2) is 0 Å². The minimum atomic E-state index is 0.0237. The molecule has 0 unspecified atom stereocenters. The van der Waals surface area contributed by atoms with Gasteiger partial charge in [-0.3, -0.25) is 0 Å². The van der Waals surface area contributed by atoms with E-state index in [1.54, 1.807) is 6.08 Å². The van der Waals surface area contributed by atoms with Crippen molar-refractivity contribution in [2.75, 3.05) is 0 Å². The van der Waals surface area contributed by atoms with E-state index in [0.29, 0.717) is 0 Å². The standard InChI is InChI=1S/C10H15F.C2H6/c1-3-8-5-6-9(4-2)10(11)7-8;1-2/h7H,3-6H2,1-2H3;1-2H3. The Bertz CT molecular complexity index is 199. The molecule has 76 valence electrons. The summed E-state index contributed by atoms with van der Waals surface area (Å²) in [4.78, 5) is 0. The Morgan fingerprint density at radius 1 is 1.15 bits per heavy atom. The molecule has 1 heteroatoms. The van der Waals surface area contributed by atoms with Crippen LogP contribution >= 0.6 is 0 Å². The van der Waals surface area contributed by atoms with Gasteiger partial charge in [-0.05, 0) is 37.3 Å². The average molecular weight is 184 g/mol. The van der Waals surface area contributed by atoms with Crippen LogP contribution in [-0.2, 0) is 0 Å². The van der Waals surface area contributed by atoms with Crippen LogP contribution in [0.3, 0.4) is 0 Å². The van der Waals surface area contributed by atoms with E-state index >= 15 is 0 Å². The van der Waals surface area contributed by atoms with Crippen LogP contribution < -0.4 is 0 Å². The maximum Gasteiger partial charge on any atom is 0.122 e. The molecule has 0 spiro atoms. The Hall–Kier alpha value is -0.590. The van der Waals surface area contributed by atoms with E-state index in [-0.39, 0.29) is 5.83 Å². The van der Waals surface area contributed by atoms with Crippen molar-refractivity contribution in [2.45, 2.75) is 53.4 Å². The Morgan fingerprint density at radius 3 is 2.15 bits per heavy atom. The van der Waals surface area contributed by atoms with Gasteiger partial charge in [0.15, 0.2) is 0 Å². The van der Waals surface area contributed by atoms with E-state index in [4.69, 9.17) is 0 Å². The number of rotatable bonds is 2. The summed E-state index contributed by atoms with van der Waals surface area (Å²) in [6, 6.07) is 0. The summed E-state index contributed by atoms with van der Waals surface area (Å²) in [6.07, 6.45) is 5.56. The molecule has 1 aliphatic rings. The zero-order chi connectivity index (χ0) is 10.3. The lowest BCUT2D eigenvalue weighted by atomic mass is 9.95. The van der Waals surface area contributed by atoms with Crippen molar-refractivity contribution < 1.29 is 4.39 Å². The normalized spacial score (nSPS) is 16.2. The van der Waals surface area contributed by atoms with Gasteiger partial charge in [0.25, 0.3) is 0 Å². The van der Waals surface area contributed by atoms with Gasteiger partial charge < -0.3 is 0 Å². The first-order chi connectivity index (χ1) is 6.27. The maximum absolute atomic E-state index is 13.1. The van der Waals surface area contributed by atoms with Crippen LogP contribution in [0, 0.1) is 0 Å². The number of hydrogen-bond acceptors (Lipinski definition) is 0. The molecule has 0 aromatic heterocycles. The summed E-state index contributed by atoms with van der Waals surface area (Å²) in [5.41, 5.74) is 2.24. The first-order valence-corrected chi connectivity index (χ1v) is 5.34. The SMILES string of the molecule is CC.CCC1=CC(F)=C(CC)CC1. The highest BCUT2D eigenvalue weighted by Crippen LogP contribution is 2.27. The second kappa shape index (κ2) is 6.88. The van der Waals surface area contributed by atoms with Crippen molar-refractivity contribution in [1.82, 2.24) is 0 Å². The van der Waals surface area contributed by atoms with Crippen molar-refractivity contribution >= 4 is 0 Å². The molecule has 0 heterocycles. The summed E-state index contributed by atoms with van der Waals surface area (Å²) < 4.78 is 13.1. The quantitative estimate of drug-likeness (QED) is 0.579. The van der Waals surface area contributed by atoms with Gasteiger partial charge in [-0.2, -0.15) is 0 Å². The Balaban J connectivity index is 0.000000671. The predicted molar refractivity (Wildman–Crippen MR) is 57.4 cm³/mol. The lowest BCUT2D eigenvalue weighted by Gasteiger charge is -2.13. The molecule has 0 nitrogen and oxygen atoms in total. The molecule has 0 radical (unpaired) electrons. The monoisotopic (exact) mass is 184 g/mol. The molecule has 0 bridgehead atoms. The molecule has 0 saturated carbocycles. The molecule has 0 amide bonds. The molecular formula is C12H21F. The van der Waals surface area contributed by atoms with Gasteiger partial charge >= 0.3 is 0 Å². The highest BCUT2D eigenvalue weighted by Gasteiger charge is 2.09. The van der Waals surface area contributed by atoms with E-state index in [1.807, 2.05) is 20.8 Å². The lowest BCUT2D eigenvalue weighted by molar-refractivity contribution is 0.617. The second-order valence-electron chi connectivity index (χ2n) is 2.96. The van der Waals surface area contributed by atoms with Crippen molar-refractivity contribution in [3.05, 3.63) is 23.0 Å².